The van der Waals surface area contributed by atoms with Crippen LogP contribution in [0.4, 0.5) is 0 Å². The number of fused-ring (bicyclic) bond motifs is 4. The fourth-order valence-electron chi connectivity index (χ4n) is 4.61. The first-order chi connectivity index (χ1) is 16.9. The molecular weight excluding hydrogens is 466 g/mol. The number of hydrogen-bond acceptors (Lipinski definition) is 5. The van der Waals surface area contributed by atoms with Crippen LogP contribution in [0.2, 0.25) is 0 Å². The highest BCUT2D eigenvalue weighted by atomic mass is 32.2. The van der Waals surface area contributed by atoms with Crippen molar-refractivity contribution in [2.24, 2.45) is 0 Å². The Kier molecular flexibility index (Phi) is 4.94. The Bertz CT molecular complexity index is 1780. The van der Waals surface area contributed by atoms with Crippen molar-refractivity contribution in [2.75, 3.05) is 26.2 Å². The van der Waals surface area contributed by atoms with E-state index in [9.17, 15) is 18.0 Å². The minimum absolute atomic E-state index is 0.180. The Balaban J connectivity index is 1.24. The Hall–Kier alpha value is -4.02. The number of sulfonamides is 1. The average molecular weight is 488 g/mol. The standard InChI is InChI=1S/C25H21N5O4S/c31-24-20-7-3-4-8-22(20)30-23(27-24)21(16-26-30)25(32)28-11-13-29(14-12-28)35(33,34)19-10-9-17-5-1-2-6-18(17)15-19/h1-10,15-16H,11-14H2,(H,27,31). The summed E-state index contributed by atoms with van der Waals surface area (Å²) in [5.41, 5.74) is 0.911. The Morgan fingerprint density at radius 2 is 1.60 bits per heavy atom. The van der Waals surface area contributed by atoms with Crippen molar-refractivity contribution in [3.63, 3.8) is 0 Å². The maximum Gasteiger partial charge on any atom is 0.259 e. The normalized spacial score (nSPS) is 15.3. The number of benzene rings is 3. The van der Waals surface area contributed by atoms with Crippen molar-refractivity contribution in [3.05, 3.63) is 88.8 Å². The summed E-state index contributed by atoms with van der Waals surface area (Å²) in [7, 11) is -3.69. The zero-order valence-electron chi connectivity index (χ0n) is 18.6. The number of piperazine rings is 1. The third-order valence-corrected chi connectivity index (χ3v) is 8.39. The molecule has 6 rings (SSSR count). The molecule has 9 nitrogen and oxygen atoms in total. The van der Waals surface area contributed by atoms with Crippen LogP contribution < -0.4 is 5.56 Å². The van der Waals surface area contributed by atoms with Crippen LogP contribution in [0.1, 0.15) is 10.4 Å². The van der Waals surface area contributed by atoms with Gasteiger partial charge >= 0.3 is 0 Å². The smallest absolute Gasteiger partial charge is 0.259 e. The summed E-state index contributed by atoms with van der Waals surface area (Å²) in [6.45, 7) is 0.834. The second-order valence-electron chi connectivity index (χ2n) is 8.50. The van der Waals surface area contributed by atoms with E-state index in [1.54, 1.807) is 51.9 Å². The highest BCUT2D eigenvalue weighted by molar-refractivity contribution is 7.89. The van der Waals surface area contributed by atoms with Gasteiger partial charge in [-0.3, -0.25) is 9.59 Å². The fourth-order valence-corrected chi connectivity index (χ4v) is 6.07. The molecule has 0 saturated carbocycles. The monoisotopic (exact) mass is 487 g/mol. The number of rotatable bonds is 3. The van der Waals surface area contributed by atoms with Crippen LogP contribution in [0.15, 0.2) is 82.6 Å². The highest BCUT2D eigenvalue weighted by Gasteiger charge is 2.31. The molecule has 35 heavy (non-hydrogen) atoms. The molecule has 0 unspecified atom stereocenters. The van der Waals surface area contributed by atoms with E-state index in [-0.39, 0.29) is 48.1 Å². The fraction of sp³-hybridized carbons (Fsp3) is 0.160. The SMILES string of the molecule is O=C(c1cnn2c1[nH]c(=O)c1ccccc12)N1CCN(S(=O)(=O)c2ccc3ccccc3c2)CC1. The van der Waals surface area contributed by atoms with Gasteiger partial charge in [0.25, 0.3) is 11.5 Å². The first kappa shape index (κ1) is 21.5. The summed E-state index contributed by atoms with van der Waals surface area (Å²) >= 11 is 0. The number of nitrogens with zero attached hydrogens (tertiary/aromatic N) is 4. The molecular formula is C25H21N5O4S. The van der Waals surface area contributed by atoms with Crippen LogP contribution in [0.3, 0.4) is 0 Å². The Labute approximate surface area is 200 Å². The summed E-state index contributed by atoms with van der Waals surface area (Å²) in [5.74, 6) is -0.298. The number of H-pyrrole nitrogens is 1. The largest absolute Gasteiger partial charge is 0.336 e. The summed E-state index contributed by atoms with van der Waals surface area (Å²) in [6, 6.07) is 19.8. The first-order valence-corrected chi connectivity index (χ1v) is 12.6. The first-order valence-electron chi connectivity index (χ1n) is 11.2. The molecule has 0 bridgehead atoms. The number of aromatic amines is 1. The maximum absolute atomic E-state index is 13.3. The Morgan fingerprint density at radius 3 is 2.40 bits per heavy atom. The lowest BCUT2D eigenvalue weighted by Crippen LogP contribution is -2.50. The second kappa shape index (κ2) is 8.03. The van der Waals surface area contributed by atoms with Crippen molar-refractivity contribution in [1.82, 2.24) is 23.8 Å². The number of carbonyl (C=O) groups excluding carboxylic acids is 1. The van der Waals surface area contributed by atoms with Gasteiger partial charge in [-0.15, -0.1) is 0 Å². The zero-order valence-corrected chi connectivity index (χ0v) is 19.4. The van der Waals surface area contributed by atoms with Gasteiger partial charge in [0.15, 0.2) is 0 Å². The van der Waals surface area contributed by atoms with Crippen molar-refractivity contribution >= 4 is 43.3 Å². The lowest BCUT2D eigenvalue weighted by Gasteiger charge is -2.33. The van der Waals surface area contributed by atoms with Crippen LogP contribution in [-0.4, -0.2) is 64.3 Å². The minimum Gasteiger partial charge on any atom is -0.336 e. The summed E-state index contributed by atoms with van der Waals surface area (Å²) < 4.78 is 29.4. The third kappa shape index (κ3) is 3.49. The number of nitrogens with one attached hydrogen (secondary N) is 1. The molecule has 1 amide bonds. The molecule has 5 aromatic rings. The molecule has 10 heteroatoms. The topological polar surface area (TPSA) is 108 Å². The second-order valence-corrected chi connectivity index (χ2v) is 10.4. The van der Waals surface area contributed by atoms with Crippen molar-refractivity contribution in [1.29, 1.82) is 0 Å². The van der Waals surface area contributed by atoms with E-state index >= 15 is 0 Å². The molecule has 3 heterocycles. The third-order valence-electron chi connectivity index (χ3n) is 6.49. The lowest BCUT2D eigenvalue weighted by atomic mass is 10.1. The molecule has 2 aromatic heterocycles. The van der Waals surface area contributed by atoms with Gasteiger partial charge < -0.3 is 9.88 Å². The highest BCUT2D eigenvalue weighted by Crippen LogP contribution is 2.24. The zero-order chi connectivity index (χ0) is 24.2. The van der Waals surface area contributed by atoms with Crippen LogP contribution in [0, 0.1) is 0 Å². The van der Waals surface area contributed by atoms with Gasteiger partial charge in [-0.05, 0) is 35.0 Å². The molecule has 0 atom stereocenters. The lowest BCUT2D eigenvalue weighted by molar-refractivity contribution is 0.0699. The summed E-state index contributed by atoms with van der Waals surface area (Å²) in [4.78, 5) is 30.4. The van der Waals surface area contributed by atoms with E-state index in [2.05, 4.69) is 10.1 Å². The number of aromatic nitrogens is 3. The van der Waals surface area contributed by atoms with Gasteiger partial charge in [-0.25, -0.2) is 12.9 Å². The van der Waals surface area contributed by atoms with Crippen molar-refractivity contribution < 1.29 is 13.2 Å². The van der Waals surface area contributed by atoms with Gasteiger partial charge in [-0.1, -0.05) is 42.5 Å². The van der Waals surface area contributed by atoms with Crippen molar-refractivity contribution in [3.8, 4) is 0 Å². The molecule has 176 valence electrons. The van der Waals surface area contributed by atoms with Crippen molar-refractivity contribution in [2.45, 2.75) is 4.90 Å². The van der Waals surface area contributed by atoms with Crippen LogP contribution >= 0.6 is 0 Å². The minimum atomic E-state index is -3.69. The van der Waals surface area contributed by atoms with E-state index in [1.807, 2.05) is 24.3 Å². The maximum atomic E-state index is 13.3. The molecule has 1 fully saturated rings. The molecule has 1 N–H and O–H groups in total. The number of amides is 1. The van der Waals surface area contributed by atoms with E-state index < -0.39 is 10.0 Å². The van der Waals surface area contributed by atoms with Gasteiger partial charge in [0, 0.05) is 26.2 Å². The molecule has 0 aliphatic carbocycles. The number of para-hydroxylation sites is 1. The molecule has 3 aromatic carbocycles. The molecule has 1 saturated heterocycles. The molecule has 0 spiro atoms. The molecule has 1 aliphatic heterocycles. The predicted octanol–water partition coefficient (Wildman–Crippen LogP) is 2.48. The average Bonchev–Trinajstić information content (AvgIpc) is 3.32. The quantitative estimate of drug-likeness (QED) is 0.421. The summed E-state index contributed by atoms with van der Waals surface area (Å²) in [6.07, 6.45) is 1.44. The molecule has 0 radical (unpaired) electrons. The van der Waals surface area contributed by atoms with E-state index in [0.717, 1.165) is 10.8 Å². The number of carbonyl (C=O) groups is 1. The van der Waals surface area contributed by atoms with Crippen LogP contribution in [0.5, 0.6) is 0 Å². The van der Waals surface area contributed by atoms with Gasteiger partial charge in [-0.2, -0.15) is 9.40 Å². The van der Waals surface area contributed by atoms with E-state index in [0.29, 0.717) is 16.6 Å². The van der Waals surface area contributed by atoms with E-state index in [1.165, 1.54) is 10.5 Å². The number of hydrogen-bond donors (Lipinski definition) is 1. The van der Waals surface area contributed by atoms with Gasteiger partial charge in [0.05, 0.1) is 22.0 Å². The Morgan fingerprint density at radius 1 is 0.886 bits per heavy atom. The van der Waals surface area contributed by atoms with Crippen LogP contribution in [0.25, 0.3) is 27.3 Å². The van der Waals surface area contributed by atoms with Gasteiger partial charge in [0.2, 0.25) is 10.0 Å². The van der Waals surface area contributed by atoms with E-state index in [4.69, 9.17) is 0 Å². The predicted molar refractivity (Wildman–Crippen MR) is 132 cm³/mol. The van der Waals surface area contributed by atoms with Crippen LogP contribution in [-0.2, 0) is 10.0 Å². The molecule has 1 aliphatic rings. The summed E-state index contributed by atoms with van der Waals surface area (Å²) in [5, 5.41) is 6.63. The van der Waals surface area contributed by atoms with Gasteiger partial charge in [0.1, 0.15) is 11.2 Å².